The van der Waals surface area contributed by atoms with Gasteiger partial charge in [0.25, 0.3) is 0 Å². The third-order valence-electron chi connectivity index (χ3n) is 2.70. The minimum Gasteiger partial charge on any atom is -0.497 e. The number of ether oxygens (including phenoxy) is 1. The normalized spacial score (nSPS) is 20.0. The molecule has 1 aromatic rings. The summed E-state index contributed by atoms with van der Waals surface area (Å²) < 4.78 is 6.00. The number of rotatable bonds is 2. The summed E-state index contributed by atoms with van der Waals surface area (Å²) in [7, 11) is 1.58. The molecule has 4 nitrogen and oxygen atoms in total. The first-order valence-electron chi connectivity index (χ1n) is 5.24. The molecule has 1 saturated heterocycles. The van der Waals surface area contributed by atoms with Gasteiger partial charge in [-0.1, -0.05) is 15.9 Å². The fourth-order valence-corrected chi connectivity index (χ4v) is 2.40. The van der Waals surface area contributed by atoms with E-state index in [0.717, 1.165) is 10.0 Å². The first-order valence-corrected chi connectivity index (χ1v) is 6.04. The Morgan fingerprint density at radius 1 is 1.41 bits per heavy atom. The van der Waals surface area contributed by atoms with Crippen LogP contribution in [0, 0.1) is 0 Å². The smallest absolute Gasteiger partial charge is 0.227 e. The molecule has 0 aliphatic carbocycles. The Hall–Kier alpha value is -1.36. The van der Waals surface area contributed by atoms with Gasteiger partial charge in [0, 0.05) is 10.9 Å². The molecule has 1 fully saturated rings. The van der Waals surface area contributed by atoms with Crippen LogP contribution in [0.4, 0.5) is 0 Å². The molecule has 0 saturated carbocycles. The zero-order chi connectivity index (χ0) is 12.4. The predicted octanol–water partition coefficient (Wildman–Crippen LogP) is 1.98. The molecule has 0 aromatic heterocycles. The van der Waals surface area contributed by atoms with Gasteiger partial charge in [-0.15, -0.1) is 0 Å². The van der Waals surface area contributed by atoms with Crippen molar-refractivity contribution in [2.45, 2.75) is 18.9 Å². The fourth-order valence-electron chi connectivity index (χ4n) is 1.88. The standard InChI is InChI=1S/C12H12BrNO3/c1-17-8-2-3-10(13)9(6-8)11-4-7(15)5-12(16)14-11/h2-3,6,11H,4-5H2,1H3,(H,14,16)/t11-/m1/s1. The van der Waals surface area contributed by atoms with E-state index in [1.807, 2.05) is 18.2 Å². The van der Waals surface area contributed by atoms with Gasteiger partial charge in [-0.25, -0.2) is 0 Å². The highest BCUT2D eigenvalue weighted by Gasteiger charge is 2.27. The second-order valence-corrected chi connectivity index (χ2v) is 4.78. The number of carbonyl (C=O) groups excluding carboxylic acids is 2. The molecule has 0 bridgehead atoms. The Morgan fingerprint density at radius 3 is 2.82 bits per heavy atom. The van der Waals surface area contributed by atoms with Crippen LogP contribution in [-0.2, 0) is 9.59 Å². The van der Waals surface area contributed by atoms with Gasteiger partial charge in [0.1, 0.15) is 11.5 Å². The summed E-state index contributed by atoms with van der Waals surface area (Å²) in [6, 6.07) is 5.22. The summed E-state index contributed by atoms with van der Waals surface area (Å²) in [5.41, 5.74) is 0.866. The average Bonchev–Trinajstić information content (AvgIpc) is 2.28. The van der Waals surface area contributed by atoms with E-state index in [1.165, 1.54) is 0 Å². The van der Waals surface area contributed by atoms with Gasteiger partial charge in [-0.3, -0.25) is 9.59 Å². The number of nitrogens with one attached hydrogen (secondary N) is 1. The number of amides is 1. The van der Waals surface area contributed by atoms with Crippen molar-refractivity contribution in [3.63, 3.8) is 0 Å². The second-order valence-electron chi connectivity index (χ2n) is 3.93. The highest BCUT2D eigenvalue weighted by atomic mass is 79.9. The summed E-state index contributed by atoms with van der Waals surface area (Å²) in [4.78, 5) is 22.8. The van der Waals surface area contributed by atoms with Crippen molar-refractivity contribution in [2.75, 3.05) is 7.11 Å². The Labute approximate surface area is 107 Å². The van der Waals surface area contributed by atoms with Gasteiger partial charge in [-0.2, -0.15) is 0 Å². The number of carbonyl (C=O) groups is 2. The number of piperidine rings is 1. The van der Waals surface area contributed by atoms with Crippen molar-refractivity contribution in [3.05, 3.63) is 28.2 Å². The van der Waals surface area contributed by atoms with E-state index < -0.39 is 0 Å². The molecular formula is C12H12BrNO3. The van der Waals surface area contributed by atoms with E-state index in [-0.39, 0.29) is 24.2 Å². The fraction of sp³-hybridized carbons (Fsp3) is 0.333. The van der Waals surface area contributed by atoms with Crippen LogP contribution < -0.4 is 10.1 Å². The first-order chi connectivity index (χ1) is 8.10. The lowest BCUT2D eigenvalue weighted by atomic mass is 9.96. The van der Waals surface area contributed by atoms with Crippen molar-refractivity contribution in [2.24, 2.45) is 0 Å². The molecule has 1 heterocycles. The summed E-state index contributed by atoms with van der Waals surface area (Å²) in [5.74, 6) is 0.449. The van der Waals surface area contributed by atoms with Crippen molar-refractivity contribution in [3.8, 4) is 5.75 Å². The number of Topliss-reactive ketones (excluding diaryl/α,β-unsaturated/α-hetero) is 1. The van der Waals surface area contributed by atoms with E-state index in [0.29, 0.717) is 12.2 Å². The molecule has 0 unspecified atom stereocenters. The summed E-state index contributed by atoms with van der Waals surface area (Å²) >= 11 is 3.42. The van der Waals surface area contributed by atoms with Crippen molar-refractivity contribution in [1.82, 2.24) is 5.32 Å². The van der Waals surface area contributed by atoms with Crippen LogP contribution in [0.15, 0.2) is 22.7 Å². The Morgan fingerprint density at radius 2 is 2.18 bits per heavy atom. The Bertz CT molecular complexity index is 457. The molecule has 17 heavy (non-hydrogen) atoms. The minimum atomic E-state index is -0.270. The van der Waals surface area contributed by atoms with Gasteiger partial charge < -0.3 is 10.1 Å². The maximum Gasteiger partial charge on any atom is 0.227 e. The molecular weight excluding hydrogens is 286 g/mol. The summed E-state index contributed by atoms with van der Waals surface area (Å²) in [6.07, 6.45) is 0.315. The lowest BCUT2D eigenvalue weighted by molar-refractivity contribution is -0.132. The molecule has 1 atom stereocenters. The lowest BCUT2D eigenvalue weighted by Crippen LogP contribution is -2.37. The van der Waals surface area contributed by atoms with Gasteiger partial charge in [0.2, 0.25) is 5.91 Å². The average molecular weight is 298 g/mol. The van der Waals surface area contributed by atoms with Gasteiger partial charge >= 0.3 is 0 Å². The topological polar surface area (TPSA) is 55.4 Å². The monoisotopic (exact) mass is 297 g/mol. The first kappa shape index (κ1) is 12.1. The van der Waals surface area contributed by atoms with Crippen LogP contribution in [0.25, 0.3) is 0 Å². The molecule has 0 spiro atoms. The van der Waals surface area contributed by atoms with Crippen molar-refractivity contribution >= 4 is 27.6 Å². The molecule has 1 aliphatic rings. The number of ketones is 1. The Balaban J connectivity index is 2.32. The van der Waals surface area contributed by atoms with Crippen LogP contribution in [0.5, 0.6) is 5.75 Å². The molecule has 1 aliphatic heterocycles. The third-order valence-corrected chi connectivity index (χ3v) is 3.43. The zero-order valence-electron chi connectivity index (χ0n) is 9.33. The van der Waals surface area contributed by atoms with E-state index in [2.05, 4.69) is 21.2 Å². The highest BCUT2D eigenvalue weighted by Crippen LogP contribution is 2.31. The second kappa shape index (κ2) is 4.87. The number of benzene rings is 1. The number of halogens is 1. The quantitative estimate of drug-likeness (QED) is 0.849. The minimum absolute atomic E-state index is 0.0158. The predicted molar refractivity (Wildman–Crippen MR) is 65.8 cm³/mol. The van der Waals surface area contributed by atoms with E-state index >= 15 is 0 Å². The maximum atomic E-state index is 11.4. The molecule has 90 valence electrons. The third kappa shape index (κ3) is 2.66. The molecule has 1 amide bonds. The molecule has 1 N–H and O–H groups in total. The summed E-state index contributed by atoms with van der Waals surface area (Å²) in [5, 5.41) is 2.81. The SMILES string of the molecule is COc1ccc(Br)c([C@H]2CC(=O)CC(=O)N2)c1. The maximum absolute atomic E-state index is 11.4. The van der Waals surface area contributed by atoms with Crippen LogP contribution in [0.3, 0.4) is 0 Å². The van der Waals surface area contributed by atoms with Gasteiger partial charge in [0.15, 0.2) is 0 Å². The van der Waals surface area contributed by atoms with Gasteiger partial charge in [0.05, 0.1) is 19.6 Å². The van der Waals surface area contributed by atoms with E-state index in [1.54, 1.807) is 7.11 Å². The Kier molecular flexibility index (Phi) is 3.47. The summed E-state index contributed by atoms with van der Waals surface area (Å²) in [6.45, 7) is 0. The van der Waals surface area contributed by atoms with Crippen LogP contribution in [0.2, 0.25) is 0 Å². The molecule has 2 rings (SSSR count). The molecule has 5 heteroatoms. The lowest BCUT2D eigenvalue weighted by Gasteiger charge is -2.24. The largest absolute Gasteiger partial charge is 0.497 e. The zero-order valence-corrected chi connectivity index (χ0v) is 10.9. The van der Waals surface area contributed by atoms with E-state index in [9.17, 15) is 9.59 Å². The van der Waals surface area contributed by atoms with Crippen LogP contribution in [-0.4, -0.2) is 18.8 Å². The molecule has 1 aromatic carbocycles. The number of hydrogen-bond donors (Lipinski definition) is 1. The van der Waals surface area contributed by atoms with E-state index in [4.69, 9.17) is 4.74 Å². The van der Waals surface area contributed by atoms with Crippen LogP contribution in [0.1, 0.15) is 24.4 Å². The van der Waals surface area contributed by atoms with Crippen molar-refractivity contribution < 1.29 is 14.3 Å². The number of methoxy groups -OCH3 is 1. The van der Waals surface area contributed by atoms with Crippen molar-refractivity contribution in [1.29, 1.82) is 0 Å². The molecule has 0 radical (unpaired) electrons. The van der Waals surface area contributed by atoms with Gasteiger partial charge in [-0.05, 0) is 23.8 Å². The number of hydrogen-bond acceptors (Lipinski definition) is 3. The highest BCUT2D eigenvalue weighted by molar-refractivity contribution is 9.10. The van der Waals surface area contributed by atoms with Crippen LogP contribution >= 0.6 is 15.9 Å².